The molecule has 2 aromatic carbocycles. The van der Waals surface area contributed by atoms with Crippen molar-refractivity contribution in [2.75, 3.05) is 53.0 Å². The average molecular weight is 550 g/mol. The molecule has 0 aromatic heterocycles. The minimum absolute atomic E-state index is 0. The van der Waals surface area contributed by atoms with Gasteiger partial charge >= 0.3 is 0 Å². The van der Waals surface area contributed by atoms with Gasteiger partial charge in [-0.1, -0.05) is 36.4 Å². The molecule has 0 bridgehead atoms. The van der Waals surface area contributed by atoms with Crippen LogP contribution < -0.4 is 15.4 Å². The summed E-state index contributed by atoms with van der Waals surface area (Å²) in [6, 6.07) is 17.3. The van der Waals surface area contributed by atoms with Crippen LogP contribution >= 0.6 is 24.0 Å². The van der Waals surface area contributed by atoms with Crippen molar-refractivity contribution in [3.63, 3.8) is 0 Å². The zero-order valence-electron chi connectivity index (χ0n) is 19.0. The molecule has 0 spiro atoms. The van der Waals surface area contributed by atoms with E-state index >= 15 is 0 Å². The zero-order chi connectivity index (χ0) is 21.5. The fraction of sp³-hybridized carbons (Fsp3) is 0.480. The Morgan fingerprint density at radius 3 is 2.56 bits per heavy atom. The topological polar surface area (TPSA) is 58.1 Å². The van der Waals surface area contributed by atoms with Gasteiger partial charge in [0.15, 0.2) is 5.96 Å². The summed E-state index contributed by atoms with van der Waals surface area (Å²) in [6.07, 6.45) is 1.14. The minimum atomic E-state index is 0. The molecule has 6 nitrogen and oxygen atoms in total. The Labute approximate surface area is 208 Å². The fourth-order valence-corrected chi connectivity index (χ4v) is 4.43. The lowest BCUT2D eigenvalue weighted by Gasteiger charge is -2.34. The molecule has 174 valence electrons. The predicted molar refractivity (Wildman–Crippen MR) is 140 cm³/mol. The van der Waals surface area contributed by atoms with Crippen molar-refractivity contribution in [2.24, 2.45) is 4.99 Å². The number of nitrogens with zero attached hydrogens (tertiary/aromatic N) is 2. The van der Waals surface area contributed by atoms with Crippen LogP contribution in [0, 0.1) is 0 Å². The molecule has 1 aliphatic heterocycles. The summed E-state index contributed by atoms with van der Waals surface area (Å²) in [7, 11) is 1.70. The first kappa shape index (κ1) is 24.8. The Bertz CT molecular complexity index is 869. The Kier molecular flexibility index (Phi) is 9.62. The molecule has 2 atom stereocenters. The van der Waals surface area contributed by atoms with Crippen LogP contribution in [-0.2, 0) is 11.2 Å². The standard InChI is InChI=1S/C25H34N4O2.HI/c1-3-26-25(27-17-21-16-20-6-4-5-7-23(20)21)28-18-24(29-12-14-31-15-13-29)19-8-10-22(30-2)11-9-19;/h4-11,21,24H,3,12-18H2,1-2H3,(H2,26,27,28);1H. The summed E-state index contributed by atoms with van der Waals surface area (Å²) >= 11 is 0. The monoisotopic (exact) mass is 550 g/mol. The van der Waals surface area contributed by atoms with Gasteiger partial charge in [0.25, 0.3) is 0 Å². The van der Waals surface area contributed by atoms with Crippen LogP contribution in [0.25, 0.3) is 0 Å². The van der Waals surface area contributed by atoms with Crippen LogP contribution in [0.3, 0.4) is 0 Å². The van der Waals surface area contributed by atoms with E-state index in [1.807, 2.05) is 12.1 Å². The number of halogens is 1. The predicted octanol–water partition coefficient (Wildman–Crippen LogP) is 3.58. The van der Waals surface area contributed by atoms with Gasteiger partial charge < -0.3 is 20.1 Å². The normalized spacial score (nSPS) is 19.2. The highest BCUT2D eigenvalue weighted by Gasteiger charge is 2.26. The second-order valence-corrected chi connectivity index (χ2v) is 8.14. The molecule has 1 fully saturated rings. The third-order valence-electron chi connectivity index (χ3n) is 6.23. The molecule has 2 N–H and O–H groups in total. The van der Waals surface area contributed by atoms with Crippen molar-refractivity contribution in [2.45, 2.75) is 25.3 Å². The number of guanidine groups is 1. The van der Waals surface area contributed by atoms with Gasteiger partial charge in [0.1, 0.15) is 5.75 Å². The summed E-state index contributed by atoms with van der Waals surface area (Å²) in [5.41, 5.74) is 4.20. The Morgan fingerprint density at radius 2 is 1.88 bits per heavy atom. The second kappa shape index (κ2) is 12.4. The van der Waals surface area contributed by atoms with Crippen molar-refractivity contribution >= 4 is 29.9 Å². The lowest BCUT2D eigenvalue weighted by molar-refractivity contribution is 0.0179. The molecule has 1 saturated heterocycles. The van der Waals surface area contributed by atoms with Crippen LogP contribution in [0.15, 0.2) is 53.5 Å². The van der Waals surface area contributed by atoms with Crippen molar-refractivity contribution in [3.05, 3.63) is 65.2 Å². The van der Waals surface area contributed by atoms with Gasteiger partial charge in [-0.2, -0.15) is 0 Å². The molecule has 32 heavy (non-hydrogen) atoms. The molecule has 7 heteroatoms. The number of methoxy groups -OCH3 is 1. The quantitative estimate of drug-likeness (QED) is 0.299. The molecule has 0 amide bonds. The van der Waals surface area contributed by atoms with E-state index in [9.17, 15) is 0 Å². The number of morpholine rings is 1. The minimum Gasteiger partial charge on any atom is -0.497 e. The third kappa shape index (κ3) is 6.14. The first-order chi connectivity index (χ1) is 15.3. The van der Waals surface area contributed by atoms with Gasteiger partial charge in [-0.3, -0.25) is 9.89 Å². The van der Waals surface area contributed by atoms with Crippen molar-refractivity contribution in [3.8, 4) is 5.75 Å². The first-order valence-corrected chi connectivity index (χ1v) is 11.3. The van der Waals surface area contributed by atoms with E-state index < -0.39 is 0 Å². The molecule has 0 saturated carbocycles. The van der Waals surface area contributed by atoms with Gasteiger partial charge in [0, 0.05) is 32.1 Å². The van der Waals surface area contributed by atoms with Gasteiger partial charge in [-0.05, 0) is 42.2 Å². The molecule has 4 rings (SSSR count). The van der Waals surface area contributed by atoms with Crippen LogP contribution in [0.4, 0.5) is 0 Å². The van der Waals surface area contributed by atoms with Crippen molar-refractivity contribution in [1.29, 1.82) is 0 Å². The molecular weight excluding hydrogens is 515 g/mol. The van der Waals surface area contributed by atoms with E-state index in [2.05, 4.69) is 58.9 Å². The molecule has 0 radical (unpaired) electrons. The maximum absolute atomic E-state index is 5.58. The number of fused-ring (bicyclic) bond motifs is 1. The molecule has 1 aliphatic carbocycles. The van der Waals surface area contributed by atoms with Gasteiger partial charge in [0.2, 0.25) is 0 Å². The summed E-state index contributed by atoms with van der Waals surface area (Å²) < 4.78 is 10.9. The van der Waals surface area contributed by atoms with E-state index in [0.717, 1.165) is 57.5 Å². The average Bonchev–Trinajstić information content (AvgIpc) is 2.81. The van der Waals surface area contributed by atoms with E-state index in [4.69, 9.17) is 14.5 Å². The van der Waals surface area contributed by atoms with E-state index in [1.165, 1.54) is 16.7 Å². The largest absolute Gasteiger partial charge is 0.497 e. The number of benzene rings is 2. The number of ether oxygens (including phenoxy) is 2. The highest BCUT2D eigenvalue weighted by Crippen LogP contribution is 2.34. The van der Waals surface area contributed by atoms with Gasteiger partial charge in [0.05, 0.1) is 32.9 Å². The summed E-state index contributed by atoms with van der Waals surface area (Å²) in [4.78, 5) is 7.45. The fourth-order valence-electron chi connectivity index (χ4n) is 4.43. The van der Waals surface area contributed by atoms with Crippen molar-refractivity contribution in [1.82, 2.24) is 15.5 Å². The maximum Gasteiger partial charge on any atom is 0.191 e. The van der Waals surface area contributed by atoms with Gasteiger partial charge in [-0.15, -0.1) is 24.0 Å². The second-order valence-electron chi connectivity index (χ2n) is 8.14. The highest BCUT2D eigenvalue weighted by atomic mass is 127. The number of hydrogen-bond donors (Lipinski definition) is 2. The highest BCUT2D eigenvalue weighted by molar-refractivity contribution is 14.0. The Balaban J connectivity index is 0.00000289. The summed E-state index contributed by atoms with van der Waals surface area (Å²) in [6.45, 7) is 7.96. The maximum atomic E-state index is 5.58. The molecule has 1 heterocycles. The number of hydrogen-bond acceptors (Lipinski definition) is 4. The van der Waals surface area contributed by atoms with E-state index in [0.29, 0.717) is 12.5 Å². The third-order valence-corrected chi connectivity index (χ3v) is 6.23. The first-order valence-electron chi connectivity index (χ1n) is 11.3. The summed E-state index contributed by atoms with van der Waals surface area (Å²) in [5.74, 6) is 2.33. The summed E-state index contributed by atoms with van der Waals surface area (Å²) in [5, 5.41) is 6.98. The molecule has 2 unspecified atom stereocenters. The van der Waals surface area contributed by atoms with Crippen LogP contribution in [0.2, 0.25) is 0 Å². The van der Waals surface area contributed by atoms with E-state index in [1.54, 1.807) is 7.11 Å². The van der Waals surface area contributed by atoms with Crippen molar-refractivity contribution < 1.29 is 9.47 Å². The smallest absolute Gasteiger partial charge is 0.191 e. The zero-order valence-corrected chi connectivity index (χ0v) is 21.4. The van der Waals surface area contributed by atoms with Crippen LogP contribution in [-0.4, -0.2) is 63.9 Å². The number of rotatable bonds is 8. The molecular formula is C25H35IN4O2. The van der Waals surface area contributed by atoms with Crippen LogP contribution in [0.1, 0.15) is 35.6 Å². The Hall–Kier alpha value is -1.84. The lowest BCUT2D eigenvalue weighted by Crippen LogP contribution is -2.43. The lowest BCUT2D eigenvalue weighted by atomic mass is 9.78. The SMILES string of the molecule is CCNC(=NCC(c1ccc(OC)cc1)N1CCOCC1)NCC1Cc2ccccc21.I. The van der Waals surface area contributed by atoms with Crippen LogP contribution in [0.5, 0.6) is 5.75 Å². The number of aliphatic imine (C=N–C) groups is 1. The number of nitrogens with one attached hydrogen (secondary N) is 2. The van der Waals surface area contributed by atoms with E-state index in [-0.39, 0.29) is 30.0 Å². The Morgan fingerprint density at radius 1 is 1.12 bits per heavy atom. The van der Waals surface area contributed by atoms with Gasteiger partial charge in [-0.25, -0.2) is 0 Å². The molecule has 2 aliphatic rings. The molecule has 2 aromatic rings.